The standard InChI is InChI=1S/C22H31N3O7S/c1-5-31-19(27)22(24-23-16-26,33(29,30)18-11-7-6-8-12-18)14-17-10-9-13-25(15-17)20(28)32-21(2,3)4/h6-8,11-12,17,24H,5,9-10,13-15H2,1-4H3/t17?,22-/m0/s1. The first-order valence-electron chi connectivity index (χ1n) is 10.8. The Hall–Kier alpha value is -2.91. The summed E-state index contributed by atoms with van der Waals surface area (Å²) < 4.78 is 37.9. The van der Waals surface area contributed by atoms with Gasteiger partial charge in [0, 0.05) is 19.5 Å². The third-order valence-corrected chi connectivity index (χ3v) is 7.38. The number of hydrogen-bond donors (Lipinski definition) is 1. The molecule has 1 unspecified atom stereocenters. The summed E-state index contributed by atoms with van der Waals surface area (Å²) in [5.74, 6) is -1.49. The number of carbonyl (C=O) groups excluding carboxylic acids is 3. The van der Waals surface area contributed by atoms with Crippen molar-refractivity contribution in [2.24, 2.45) is 11.0 Å². The van der Waals surface area contributed by atoms with E-state index in [1.807, 2.05) is 0 Å². The summed E-state index contributed by atoms with van der Waals surface area (Å²) in [4.78, 5) is 35.5. The molecule has 1 fully saturated rings. The van der Waals surface area contributed by atoms with Crippen LogP contribution >= 0.6 is 0 Å². The van der Waals surface area contributed by atoms with Crippen molar-refractivity contribution >= 4 is 28.0 Å². The van der Waals surface area contributed by atoms with Crippen LogP contribution < -0.4 is 5.43 Å². The lowest BCUT2D eigenvalue weighted by Gasteiger charge is -2.38. The van der Waals surface area contributed by atoms with Crippen LogP contribution in [0, 0.1) is 5.92 Å². The molecule has 1 aliphatic rings. The number of nitrogens with one attached hydrogen (secondary N) is 1. The minimum atomic E-state index is -4.42. The van der Waals surface area contributed by atoms with Gasteiger partial charge in [0.2, 0.25) is 9.84 Å². The Morgan fingerprint density at radius 1 is 1.24 bits per heavy atom. The van der Waals surface area contributed by atoms with Crippen molar-refractivity contribution < 1.29 is 32.3 Å². The maximum Gasteiger partial charge on any atom is 0.410 e. The fourth-order valence-electron chi connectivity index (χ4n) is 3.75. The van der Waals surface area contributed by atoms with E-state index < -0.39 is 38.3 Å². The molecule has 10 nitrogen and oxygen atoms in total. The summed E-state index contributed by atoms with van der Waals surface area (Å²) in [6.07, 6.45) is 1.60. The largest absolute Gasteiger partial charge is 0.463 e. The first kappa shape index (κ1) is 26.3. The van der Waals surface area contributed by atoms with Crippen LogP contribution in [0.4, 0.5) is 4.79 Å². The highest BCUT2D eigenvalue weighted by molar-refractivity contribution is 7.93. The number of rotatable bonds is 8. The zero-order valence-electron chi connectivity index (χ0n) is 19.4. The van der Waals surface area contributed by atoms with Crippen LogP contribution in [0.5, 0.6) is 0 Å². The summed E-state index contributed by atoms with van der Waals surface area (Å²) in [6, 6.07) is 7.39. The molecule has 1 aromatic carbocycles. The molecule has 0 aromatic heterocycles. The van der Waals surface area contributed by atoms with Crippen molar-refractivity contribution in [1.29, 1.82) is 0 Å². The van der Waals surface area contributed by atoms with E-state index >= 15 is 0 Å². The van der Waals surface area contributed by atoms with Gasteiger partial charge in [0.1, 0.15) is 5.60 Å². The number of benzene rings is 1. The molecule has 1 amide bonds. The lowest BCUT2D eigenvalue weighted by molar-refractivity contribution is -0.148. The fourth-order valence-corrected chi connectivity index (χ4v) is 5.56. The maximum atomic E-state index is 13.7. The Bertz CT molecular complexity index is 985. The number of carbonyl (C=O) groups is 2. The van der Waals surface area contributed by atoms with Gasteiger partial charge in [-0.3, -0.25) is 5.43 Å². The number of esters is 1. The molecule has 1 saturated heterocycles. The number of piperidine rings is 1. The van der Waals surface area contributed by atoms with E-state index in [1.54, 1.807) is 33.8 Å². The maximum absolute atomic E-state index is 13.7. The number of likely N-dealkylation sites (tertiary alicyclic amines) is 1. The summed E-state index contributed by atoms with van der Waals surface area (Å²) >= 11 is 0. The number of hydrazone groups is 1. The Morgan fingerprint density at radius 3 is 2.48 bits per heavy atom. The Balaban J connectivity index is 2.46. The van der Waals surface area contributed by atoms with Gasteiger partial charge in [0.05, 0.1) is 11.5 Å². The zero-order chi connectivity index (χ0) is 24.7. The van der Waals surface area contributed by atoms with Crippen molar-refractivity contribution in [3.05, 3.63) is 30.3 Å². The molecule has 2 atom stereocenters. The van der Waals surface area contributed by atoms with Crippen molar-refractivity contribution in [2.45, 2.75) is 62.3 Å². The predicted octanol–water partition coefficient (Wildman–Crippen LogP) is 2.60. The Morgan fingerprint density at radius 2 is 1.91 bits per heavy atom. The van der Waals surface area contributed by atoms with E-state index in [0.717, 1.165) is 0 Å². The van der Waals surface area contributed by atoms with E-state index in [0.29, 0.717) is 19.4 Å². The van der Waals surface area contributed by atoms with Gasteiger partial charge in [-0.1, -0.05) is 23.3 Å². The summed E-state index contributed by atoms with van der Waals surface area (Å²) in [7, 11) is -4.42. The lowest BCUT2D eigenvalue weighted by Crippen LogP contribution is -2.59. The lowest BCUT2D eigenvalue weighted by atomic mass is 9.91. The predicted molar refractivity (Wildman–Crippen MR) is 119 cm³/mol. The zero-order valence-corrected chi connectivity index (χ0v) is 20.2. The second-order valence-electron chi connectivity index (χ2n) is 8.82. The van der Waals surface area contributed by atoms with Crippen LogP contribution in [-0.4, -0.2) is 61.6 Å². The minimum Gasteiger partial charge on any atom is -0.463 e. The highest BCUT2D eigenvalue weighted by atomic mass is 32.2. The molecule has 0 spiro atoms. The minimum absolute atomic E-state index is 0.0773. The van der Waals surface area contributed by atoms with E-state index in [-0.39, 0.29) is 24.5 Å². The van der Waals surface area contributed by atoms with Crippen LogP contribution in [0.15, 0.2) is 40.3 Å². The molecule has 1 aromatic rings. The summed E-state index contributed by atoms with van der Waals surface area (Å²) in [6.45, 7) is 7.36. The number of isocyanates is 1. The quantitative estimate of drug-likeness (QED) is 0.259. The van der Waals surface area contributed by atoms with Gasteiger partial charge < -0.3 is 14.4 Å². The molecule has 1 N–H and O–H groups in total. The van der Waals surface area contributed by atoms with Crippen molar-refractivity contribution in [2.75, 3.05) is 19.7 Å². The van der Waals surface area contributed by atoms with Crippen LogP contribution in [0.3, 0.4) is 0 Å². The highest BCUT2D eigenvalue weighted by Crippen LogP contribution is 2.35. The molecule has 0 bridgehead atoms. The van der Waals surface area contributed by atoms with E-state index in [9.17, 15) is 22.8 Å². The molecule has 33 heavy (non-hydrogen) atoms. The third-order valence-electron chi connectivity index (χ3n) is 5.15. The number of sulfone groups is 1. The van der Waals surface area contributed by atoms with Crippen LogP contribution in [0.25, 0.3) is 0 Å². The molecule has 0 radical (unpaired) electrons. The molecule has 2 rings (SSSR count). The van der Waals surface area contributed by atoms with E-state index in [1.165, 1.54) is 35.2 Å². The van der Waals surface area contributed by atoms with Gasteiger partial charge in [-0.05, 0) is 58.6 Å². The number of nitrogens with zero attached hydrogens (tertiary/aromatic N) is 2. The molecule has 0 saturated carbocycles. The Kier molecular flexibility index (Phi) is 8.63. The molecule has 1 heterocycles. The molecule has 0 aliphatic carbocycles. The van der Waals surface area contributed by atoms with Gasteiger partial charge in [-0.25, -0.2) is 22.8 Å². The van der Waals surface area contributed by atoms with Gasteiger partial charge in [0.25, 0.3) is 11.0 Å². The normalized spacial score (nSPS) is 18.4. The number of amides is 1. The SMILES string of the molecule is CCOC(=O)[C@@](CC1CCCN(C(=O)OC(C)(C)C)C1)(NN=C=O)S(=O)(=O)c1ccccc1. The van der Waals surface area contributed by atoms with Gasteiger partial charge in [-0.15, -0.1) is 0 Å². The second-order valence-corrected chi connectivity index (χ2v) is 11.0. The van der Waals surface area contributed by atoms with E-state index in [2.05, 4.69) is 10.5 Å². The van der Waals surface area contributed by atoms with Gasteiger partial charge in [-0.2, -0.15) is 0 Å². The smallest absolute Gasteiger partial charge is 0.410 e. The van der Waals surface area contributed by atoms with Crippen LogP contribution in [0.2, 0.25) is 0 Å². The summed E-state index contributed by atoms with van der Waals surface area (Å²) in [5, 5.41) is 3.27. The third kappa shape index (κ3) is 6.33. The molecule has 11 heteroatoms. The Labute approximate surface area is 194 Å². The first-order chi connectivity index (χ1) is 15.5. The number of ether oxygens (including phenoxy) is 2. The van der Waals surface area contributed by atoms with Crippen LogP contribution in [-0.2, 0) is 28.9 Å². The van der Waals surface area contributed by atoms with Crippen LogP contribution in [0.1, 0.15) is 47.0 Å². The number of hydrogen-bond acceptors (Lipinski definition) is 9. The second kappa shape index (κ2) is 10.8. The fraction of sp³-hybridized carbons (Fsp3) is 0.591. The monoisotopic (exact) mass is 481 g/mol. The molecular formula is C22H31N3O7S. The highest BCUT2D eigenvalue weighted by Gasteiger charge is 2.55. The average Bonchev–Trinajstić information content (AvgIpc) is 2.76. The topological polar surface area (TPSA) is 131 Å². The van der Waals surface area contributed by atoms with E-state index in [4.69, 9.17) is 9.47 Å². The van der Waals surface area contributed by atoms with Crippen molar-refractivity contribution in [3.8, 4) is 0 Å². The molecule has 182 valence electrons. The summed E-state index contributed by atoms with van der Waals surface area (Å²) in [5.41, 5.74) is 1.56. The van der Waals surface area contributed by atoms with Gasteiger partial charge in [0.15, 0.2) is 0 Å². The van der Waals surface area contributed by atoms with Crippen molar-refractivity contribution in [1.82, 2.24) is 10.3 Å². The first-order valence-corrected chi connectivity index (χ1v) is 12.2. The average molecular weight is 482 g/mol. The molecule has 1 aliphatic heterocycles. The van der Waals surface area contributed by atoms with Crippen molar-refractivity contribution in [3.63, 3.8) is 0 Å². The molecular weight excluding hydrogens is 450 g/mol. The van der Waals surface area contributed by atoms with Gasteiger partial charge >= 0.3 is 12.1 Å².